The van der Waals surface area contributed by atoms with E-state index < -0.39 is 22.6 Å². The Hall–Kier alpha value is -4.29. The number of fused-ring (bicyclic) bond motifs is 1. The number of aromatic carboxylic acids is 1. The first-order valence-corrected chi connectivity index (χ1v) is 11.5. The Morgan fingerprint density at radius 1 is 1.34 bits per heavy atom. The van der Waals surface area contributed by atoms with Crippen LogP contribution in [0.3, 0.4) is 0 Å². The lowest BCUT2D eigenvalue weighted by Crippen LogP contribution is -2.48. The molecule has 38 heavy (non-hydrogen) atoms. The highest BCUT2D eigenvalue weighted by Gasteiger charge is 2.37. The van der Waals surface area contributed by atoms with Gasteiger partial charge in [-0.15, -0.1) is 6.58 Å². The van der Waals surface area contributed by atoms with Gasteiger partial charge in [-0.3, -0.25) is 19.2 Å². The van der Waals surface area contributed by atoms with Crippen LogP contribution in [-0.4, -0.2) is 73.0 Å². The molecule has 0 aromatic carbocycles. The molecule has 3 amide bonds. The standard InChI is InChI=1S/C24H29N3O6.C2H3NO2/c1-7-15(32-6)8-9-16-13(2)11-27(22(16)29)12-24(4,25-5)18-10-17-14(3)26-21(28)19(23(30)31)20(17)33-18;4-1-3-2-5/h7-10,15,25H,1,11-12H2,2-6H3,(H,26,28)(H,30,31);1-2H,(H,3,4,5)/t15?,24-;/m0./s1. The number of rotatable bonds is 11. The maximum absolute atomic E-state index is 13.1. The van der Waals surface area contributed by atoms with E-state index in [2.05, 4.69) is 16.9 Å². The van der Waals surface area contributed by atoms with Crippen LogP contribution in [0.4, 0.5) is 0 Å². The number of aromatic nitrogens is 1. The zero-order valence-corrected chi connectivity index (χ0v) is 21.9. The molecule has 1 aliphatic heterocycles. The number of amides is 3. The van der Waals surface area contributed by atoms with Crippen LogP contribution in [0.5, 0.6) is 0 Å². The van der Waals surface area contributed by atoms with E-state index in [9.17, 15) is 19.5 Å². The third-order valence-electron chi connectivity index (χ3n) is 6.21. The predicted octanol–water partition coefficient (Wildman–Crippen LogP) is 1.37. The topological polar surface area (TPSA) is 171 Å². The summed E-state index contributed by atoms with van der Waals surface area (Å²) in [6, 6.07) is 1.71. The number of hydrogen-bond donors (Lipinski definition) is 4. The number of nitrogens with one attached hydrogen (secondary N) is 3. The first-order valence-electron chi connectivity index (χ1n) is 11.5. The Bertz CT molecular complexity index is 1350. The summed E-state index contributed by atoms with van der Waals surface area (Å²) < 4.78 is 11.2. The monoisotopic (exact) mass is 528 g/mol. The summed E-state index contributed by atoms with van der Waals surface area (Å²) in [4.78, 5) is 59.3. The summed E-state index contributed by atoms with van der Waals surface area (Å²) in [7, 11) is 3.30. The van der Waals surface area contributed by atoms with Gasteiger partial charge in [0.1, 0.15) is 5.76 Å². The van der Waals surface area contributed by atoms with Crippen LogP contribution in [0.2, 0.25) is 0 Å². The quantitative estimate of drug-likeness (QED) is 0.248. The Morgan fingerprint density at radius 2 is 2.00 bits per heavy atom. The average molecular weight is 529 g/mol. The van der Waals surface area contributed by atoms with Crippen molar-refractivity contribution in [3.05, 3.63) is 69.4 Å². The number of methoxy groups -OCH3 is 1. The largest absolute Gasteiger partial charge is 0.477 e. The predicted molar refractivity (Wildman–Crippen MR) is 140 cm³/mol. The number of pyridine rings is 1. The minimum atomic E-state index is -1.37. The van der Waals surface area contributed by atoms with Crippen molar-refractivity contribution in [1.82, 2.24) is 20.5 Å². The van der Waals surface area contributed by atoms with Crippen LogP contribution in [0.1, 0.15) is 35.7 Å². The Labute approximate surface area is 219 Å². The van der Waals surface area contributed by atoms with Gasteiger partial charge >= 0.3 is 5.97 Å². The maximum atomic E-state index is 13.1. The summed E-state index contributed by atoms with van der Waals surface area (Å²) in [5.74, 6) is -1.07. The van der Waals surface area contributed by atoms with Crippen LogP contribution in [0.25, 0.3) is 11.0 Å². The first-order chi connectivity index (χ1) is 18.0. The second kappa shape index (κ2) is 12.8. The van der Waals surface area contributed by atoms with Gasteiger partial charge in [-0.1, -0.05) is 18.2 Å². The smallest absolute Gasteiger partial charge is 0.345 e. The van der Waals surface area contributed by atoms with Crippen molar-refractivity contribution < 1.29 is 33.4 Å². The molecular weight excluding hydrogens is 496 g/mol. The van der Waals surface area contributed by atoms with Crippen molar-refractivity contribution in [1.29, 1.82) is 0 Å². The minimum Gasteiger partial charge on any atom is -0.477 e. The highest BCUT2D eigenvalue weighted by molar-refractivity contribution is 6.01. The highest BCUT2D eigenvalue weighted by Crippen LogP contribution is 2.32. The normalized spacial score (nSPS) is 15.7. The lowest BCUT2D eigenvalue weighted by atomic mass is 9.97. The number of carbonyl (C=O) groups excluding carboxylic acids is 3. The molecule has 0 fully saturated rings. The number of likely N-dealkylation sites (N-methyl/N-ethyl adjacent to an activating group) is 1. The molecule has 0 aliphatic carbocycles. The lowest BCUT2D eigenvalue weighted by molar-refractivity contribution is -0.126. The Balaban J connectivity index is 0.000000926. The number of carbonyl (C=O) groups is 4. The van der Waals surface area contributed by atoms with Gasteiger partial charge in [0.2, 0.25) is 12.8 Å². The molecule has 204 valence electrons. The molecule has 3 heterocycles. The number of nitrogens with zero attached hydrogens (tertiary/aromatic N) is 1. The van der Waals surface area contributed by atoms with Gasteiger partial charge in [-0.25, -0.2) is 4.79 Å². The summed E-state index contributed by atoms with van der Waals surface area (Å²) in [6.07, 6.45) is 5.50. The van der Waals surface area contributed by atoms with Gasteiger partial charge < -0.3 is 34.8 Å². The molecule has 4 N–H and O–H groups in total. The van der Waals surface area contributed by atoms with Gasteiger partial charge in [-0.05, 0) is 39.5 Å². The van der Waals surface area contributed by atoms with E-state index in [1.807, 2.05) is 13.8 Å². The molecule has 3 rings (SSSR count). The van der Waals surface area contributed by atoms with Crippen LogP contribution in [0.15, 0.2) is 51.2 Å². The molecule has 2 aromatic heterocycles. The first kappa shape index (κ1) is 29.9. The summed E-state index contributed by atoms with van der Waals surface area (Å²) in [5.41, 5.74) is 0.0305. The maximum Gasteiger partial charge on any atom is 0.345 e. The Morgan fingerprint density at radius 3 is 2.50 bits per heavy atom. The third-order valence-corrected chi connectivity index (χ3v) is 6.21. The zero-order chi connectivity index (χ0) is 28.6. The molecule has 0 saturated heterocycles. The van der Waals surface area contributed by atoms with Crippen molar-refractivity contribution in [2.45, 2.75) is 32.4 Å². The van der Waals surface area contributed by atoms with Gasteiger partial charge in [0.25, 0.3) is 11.5 Å². The minimum absolute atomic E-state index is 0.0148. The van der Waals surface area contributed by atoms with E-state index in [1.165, 1.54) is 0 Å². The fraction of sp³-hybridized carbons (Fsp3) is 0.346. The molecule has 12 nitrogen and oxygen atoms in total. The highest BCUT2D eigenvalue weighted by atomic mass is 16.5. The molecule has 0 saturated carbocycles. The van der Waals surface area contributed by atoms with Gasteiger partial charge in [0, 0.05) is 36.9 Å². The van der Waals surface area contributed by atoms with Crippen LogP contribution >= 0.6 is 0 Å². The summed E-state index contributed by atoms with van der Waals surface area (Å²) in [5, 5.41) is 14.9. The number of carboxylic acid groups (broad SMARTS) is 1. The van der Waals surface area contributed by atoms with E-state index >= 15 is 0 Å². The second-order valence-corrected chi connectivity index (χ2v) is 8.75. The number of aromatic amines is 1. The SMILES string of the molecule is C=CC(C=CC1=C(C)CN(C[C@](C)(NC)c2cc3c(C)[nH]c(=O)c(C(=O)O)c3o2)C1=O)OC.O=CNC=O. The van der Waals surface area contributed by atoms with Crippen LogP contribution in [-0.2, 0) is 24.7 Å². The van der Waals surface area contributed by atoms with Gasteiger partial charge in [0.05, 0.1) is 11.6 Å². The average Bonchev–Trinajstić information content (AvgIpc) is 3.43. The van der Waals surface area contributed by atoms with E-state index in [-0.39, 0.29) is 24.1 Å². The number of hydrogen-bond acceptors (Lipinski definition) is 8. The molecule has 0 radical (unpaired) electrons. The van der Waals surface area contributed by atoms with Crippen LogP contribution < -0.4 is 16.2 Å². The van der Waals surface area contributed by atoms with E-state index in [4.69, 9.17) is 18.7 Å². The number of ether oxygens (including phenoxy) is 1. The Kier molecular flexibility index (Phi) is 10.1. The molecule has 2 atom stereocenters. The van der Waals surface area contributed by atoms with Crippen molar-refractivity contribution in [3.8, 4) is 0 Å². The number of aryl methyl sites for hydroxylation is 1. The summed E-state index contributed by atoms with van der Waals surface area (Å²) >= 11 is 0. The van der Waals surface area contributed by atoms with E-state index in [0.717, 1.165) is 5.57 Å². The summed E-state index contributed by atoms with van der Waals surface area (Å²) in [6.45, 7) is 9.85. The second-order valence-electron chi connectivity index (χ2n) is 8.75. The zero-order valence-electron chi connectivity index (χ0n) is 21.9. The van der Waals surface area contributed by atoms with E-state index in [0.29, 0.717) is 41.8 Å². The molecule has 2 aromatic rings. The fourth-order valence-corrected chi connectivity index (χ4v) is 4.00. The van der Waals surface area contributed by atoms with Crippen molar-refractivity contribution >= 4 is 35.7 Å². The molecular formula is C26H32N4O8. The van der Waals surface area contributed by atoms with E-state index in [1.54, 1.807) is 55.6 Å². The molecule has 1 aliphatic rings. The number of H-pyrrole nitrogens is 1. The number of furan rings is 1. The number of carboxylic acids is 1. The molecule has 1 unspecified atom stereocenters. The van der Waals surface area contributed by atoms with Gasteiger partial charge in [0.15, 0.2) is 11.1 Å². The molecule has 0 bridgehead atoms. The van der Waals surface area contributed by atoms with Crippen molar-refractivity contribution in [3.63, 3.8) is 0 Å². The molecule has 12 heteroatoms. The fourth-order valence-electron chi connectivity index (χ4n) is 4.00. The lowest BCUT2D eigenvalue weighted by Gasteiger charge is -2.32. The van der Waals surface area contributed by atoms with Crippen molar-refractivity contribution in [2.75, 3.05) is 27.2 Å². The molecule has 0 spiro atoms. The van der Waals surface area contributed by atoms with Gasteiger partial charge in [-0.2, -0.15) is 0 Å². The third kappa shape index (κ3) is 6.33. The van der Waals surface area contributed by atoms with Crippen LogP contribution in [0, 0.1) is 6.92 Å². The van der Waals surface area contributed by atoms with Crippen molar-refractivity contribution in [2.24, 2.45) is 0 Å². The number of imide groups is 1.